The van der Waals surface area contributed by atoms with Gasteiger partial charge in [-0.25, -0.2) is 0 Å². The molecule has 6 nitrogen and oxygen atoms in total. The van der Waals surface area contributed by atoms with E-state index in [-0.39, 0.29) is 17.9 Å². The van der Waals surface area contributed by atoms with Crippen molar-refractivity contribution < 1.29 is 14.0 Å². The molecule has 2 heterocycles. The number of rotatable bonds is 6. The molecule has 0 aromatic carbocycles. The third kappa shape index (κ3) is 5.25. The normalized spacial score (nSPS) is 16.6. The monoisotopic (exact) mass is 319 g/mol. The van der Waals surface area contributed by atoms with Gasteiger partial charge in [0.1, 0.15) is 0 Å². The second-order valence-corrected chi connectivity index (χ2v) is 6.19. The summed E-state index contributed by atoms with van der Waals surface area (Å²) in [4.78, 5) is 27.4. The molecular formula is C17H25N3O3. The maximum absolute atomic E-state index is 11.9. The van der Waals surface area contributed by atoms with E-state index in [4.69, 9.17) is 4.42 Å². The molecule has 0 saturated carbocycles. The van der Waals surface area contributed by atoms with Gasteiger partial charge >= 0.3 is 0 Å². The zero-order valence-corrected chi connectivity index (χ0v) is 14.0. The van der Waals surface area contributed by atoms with Crippen LogP contribution in [0.1, 0.15) is 30.3 Å². The molecule has 0 radical (unpaired) electrons. The molecule has 2 rings (SSSR count). The number of likely N-dealkylation sites (N-methyl/N-ethyl adjacent to an activating group) is 1. The lowest BCUT2D eigenvalue weighted by atomic mass is 10.0. The minimum atomic E-state index is -0.183. The van der Waals surface area contributed by atoms with Crippen LogP contribution < -0.4 is 5.32 Å². The van der Waals surface area contributed by atoms with Gasteiger partial charge in [0.25, 0.3) is 5.91 Å². The van der Waals surface area contributed by atoms with Gasteiger partial charge in [0.05, 0.1) is 12.8 Å². The number of furan rings is 1. The van der Waals surface area contributed by atoms with Crippen LogP contribution in [-0.4, -0.2) is 61.4 Å². The minimum absolute atomic E-state index is 0.0498. The average Bonchev–Trinajstić information content (AvgIpc) is 3.03. The SMILES string of the molecule is C[C@@H](CC1=CCN(CC(=O)N(C)C)CC1)NC(=O)c1ccco1. The number of nitrogens with zero attached hydrogens (tertiary/aromatic N) is 2. The zero-order valence-electron chi connectivity index (χ0n) is 14.0. The van der Waals surface area contributed by atoms with Crippen molar-refractivity contribution in [2.24, 2.45) is 0 Å². The highest BCUT2D eigenvalue weighted by molar-refractivity contribution is 5.91. The Morgan fingerprint density at radius 1 is 1.43 bits per heavy atom. The van der Waals surface area contributed by atoms with Crippen molar-refractivity contribution in [1.82, 2.24) is 15.1 Å². The van der Waals surface area contributed by atoms with Gasteiger partial charge in [-0.3, -0.25) is 14.5 Å². The molecule has 6 heteroatoms. The predicted octanol–water partition coefficient (Wildman–Crippen LogP) is 1.51. The van der Waals surface area contributed by atoms with Crippen LogP contribution in [0.2, 0.25) is 0 Å². The van der Waals surface area contributed by atoms with Crippen molar-refractivity contribution in [2.45, 2.75) is 25.8 Å². The van der Waals surface area contributed by atoms with Crippen molar-refractivity contribution in [3.63, 3.8) is 0 Å². The van der Waals surface area contributed by atoms with E-state index in [0.29, 0.717) is 12.3 Å². The lowest BCUT2D eigenvalue weighted by Gasteiger charge is -2.27. The highest BCUT2D eigenvalue weighted by Crippen LogP contribution is 2.16. The van der Waals surface area contributed by atoms with E-state index in [2.05, 4.69) is 16.3 Å². The molecule has 1 atom stereocenters. The molecule has 1 aliphatic rings. The average molecular weight is 319 g/mol. The Morgan fingerprint density at radius 2 is 2.22 bits per heavy atom. The maximum Gasteiger partial charge on any atom is 0.287 e. The molecule has 1 N–H and O–H groups in total. The predicted molar refractivity (Wildman–Crippen MR) is 88.1 cm³/mol. The molecular weight excluding hydrogens is 294 g/mol. The first-order chi connectivity index (χ1) is 11.0. The first-order valence-electron chi connectivity index (χ1n) is 7.90. The number of amides is 2. The van der Waals surface area contributed by atoms with Gasteiger partial charge in [-0.1, -0.05) is 11.6 Å². The maximum atomic E-state index is 11.9. The van der Waals surface area contributed by atoms with Crippen LogP contribution in [0.25, 0.3) is 0 Å². The quantitative estimate of drug-likeness (QED) is 0.807. The van der Waals surface area contributed by atoms with Crippen LogP contribution in [0.15, 0.2) is 34.5 Å². The molecule has 0 bridgehead atoms. The fraction of sp³-hybridized carbons (Fsp3) is 0.529. The Balaban J connectivity index is 1.77. The molecule has 0 aliphatic carbocycles. The van der Waals surface area contributed by atoms with Gasteiger partial charge < -0.3 is 14.6 Å². The molecule has 0 spiro atoms. The second-order valence-electron chi connectivity index (χ2n) is 6.19. The van der Waals surface area contributed by atoms with E-state index < -0.39 is 0 Å². The molecule has 0 fully saturated rings. The molecule has 1 aromatic rings. The molecule has 2 amide bonds. The molecule has 23 heavy (non-hydrogen) atoms. The lowest BCUT2D eigenvalue weighted by Crippen LogP contribution is -2.39. The summed E-state index contributed by atoms with van der Waals surface area (Å²) in [7, 11) is 3.55. The lowest BCUT2D eigenvalue weighted by molar-refractivity contribution is -0.129. The fourth-order valence-electron chi connectivity index (χ4n) is 2.56. The van der Waals surface area contributed by atoms with Gasteiger partial charge in [-0.15, -0.1) is 0 Å². The Hall–Kier alpha value is -2.08. The van der Waals surface area contributed by atoms with Crippen LogP contribution in [0.5, 0.6) is 0 Å². The number of hydrogen-bond acceptors (Lipinski definition) is 4. The Morgan fingerprint density at radius 3 is 2.78 bits per heavy atom. The second kappa shape index (κ2) is 7.97. The molecule has 1 aromatic heterocycles. The fourth-order valence-corrected chi connectivity index (χ4v) is 2.56. The van der Waals surface area contributed by atoms with Crippen LogP contribution in [0, 0.1) is 0 Å². The van der Waals surface area contributed by atoms with E-state index in [1.165, 1.54) is 11.8 Å². The van der Waals surface area contributed by atoms with E-state index in [1.807, 2.05) is 6.92 Å². The Labute approximate surface area is 137 Å². The largest absolute Gasteiger partial charge is 0.459 e. The summed E-state index contributed by atoms with van der Waals surface area (Å²) >= 11 is 0. The van der Waals surface area contributed by atoms with Crippen LogP contribution in [0.4, 0.5) is 0 Å². The number of carbonyl (C=O) groups is 2. The number of carbonyl (C=O) groups excluding carboxylic acids is 2. The van der Waals surface area contributed by atoms with Crippen molar-refractivity contribution in [2.75, 3.05) is 33.7 Å². The van der Waals surface area contributed by atoms with E-state index >= 15 is 0 Å². The first kappa shape index (κ1) is 17.3. The Bertz CT molecular complexity index is 564. The highest BCUT2D eigenvalue weighted by atomic mass is 16.3. The van der Waals surface area contributed by atoms with E-state index in [9.17, 15) is 9.59 Å². The third-order valence-corrected chi connectivity index (χ3v) is 3.94. The van der Waals surface area contributed by atoms with Gasteiger partial charge in [0, 0.05) is 33.2 Å². The Kier molecular flexibility index (Phi) is 5.98. The smallest absolute Gasteiger partial charge is 0.287 e. The summed E-state index contributed by atoms with van der Waals surface area (Å²) in [6, 6.07) is 3.41. The standard InChI is InChI=1S/C17H25N3O3/c1-13(18-17(22)15-5-4-10-23-15)11-14-6-8-20(9-7-14)12-16(21)19(2)3/h4-6,10,13H,7-9,11-12H2,1-3H3,(H,18,22)/t13-/m0/s1. The van der Waals surface area contributed by atoms with Crippen molar-refractivity contribution >= 4 is 11.8 Å². The van der Waals surface area contributed by atoms with Gasteiger partial charge in [0.2, 0.25) is 5.91 Å². The van der Waals surface area contributed by atoms with Gasteiger partial charge in [-0.05, 0) is 31.9 Å². The molecule has 126 valence electrons. The summed E-state index contributed by atoms with van der Waals surface area (Å²) in [6.07, 6.45) is 5.42. The summed E-state index contributed by atoms with van der Waals surface area (Å²) in [5.41, 5.74) is 1.32. The van der Waals surface area contributed by atoms with Crippen molar-refractivity contribution in [3.05, 3.63) is 35.8 Å². The third-order valence-electron chi connectivity index (χ3n) is 3.94. The van der Waals surface area contributed by atoms with Gasteiger partial charge in [-0.2, -0.15) is 0 Å². The molecule has 0 unspecified atom stereocenters. The van der Waals surface area contributed by atoms with Gasteiger partial charge in [0.15, 0.2) is 5.76 Å². The number of hydrogen-bond donors (Lipinski definition) is 1. The zero-order chi connectivity index (χ0) is 16.8. The van der Waals surface area contributed by atoms with E-state index in [1.54, 1.807) is 31.1 Å². The summed E-state index contributed by atoms with van der Waals surface area (Å²) < 4.78 is 5.09. The van der Waals surface area contributed by atoms with Crippen LogP contribution >= 0.6 is 0 Å². The number of nitrogens with one attached hydrogen (secondary N) is 1. The molecule has 1 aliphatic heterocycles. The van der Waals surface area contributed by atoms with Crippen molar-refractivity contribution in [3.8, 4) is 0 Å². The van der Waals surface area contributed by atoms with E-state index in [0.717, 1.165) is 25.9 Å². The topological polar surface area (TPSA) is 65.8 Å². The van der Waals surface area contributed by atoms with Crippen LogP contribution in [0.3, 0.4) is 0 Å². The highest BCUT2D eigenvalue weighted by Gasteiger charge is 2.18. The minimum Gasteiger partial charge on any atom is -0.459 e. The summed E-state index contributed by atoms with van der Waals surface area (Å²) in [6.45, 7) is 4.11. The molecule has 0 saturated heterocycles. The van der Waals surface area contributed by atoms with Crippen molar-refractivity contribution in [1.29, 1.82) is 0 Å². The summed E-state index contributed by atoms with van der Waals surface area (Å²) in [5.74, 6) is 0.279. The summed E-state index contributed by atoms with van der Waals surface area (Å²) in [5, 5.41) is 2.94. The van der Waals surface area contributed by atoms with Crippen LogP contribution in [-0.2, 0) is 4.79 Å². The first-order valence-corrected chi connectivity index (χ1v) is 7.90.